The summed E-state index contributed by atoms with van der Waals surface area (Å²) in [6, 6.07) is 3.87. The highest BCUT2D eigenvalue weighted by atomic mass is 35.5. The molecule has 0 unspecified atom stereocenters. The third kappa shape index (κ3) is 1.42. The molecule has 0 atom stereocenters. The molecular formula is C13H16ClN3. The Morgan fingerprint density at radius 1 is 1.41 bits per heavy atom. The smallest absolute Gasteiger partial charge is 0.129 e. The van der Waals surface area contributed by atoms with E-state index in [-0.39, 0.29) is 5.54 Å². The van der Waals surface area contributed by atoms with Gasteiger partial charge < -0.3 is 10.3 Å². The first kappa shape index (κ1) is 11.1. The van der Waals surface area contributed by atoms with Crippen LogP contribution in [0.5, 0.6) is 0 Å². The molecule has 4 heteroatoms. The Bertz CT molecular complexity index is 596. The lowest BCUT2D eigenvalue weighted by Crippen LogP contribution is -2.45. The van der Waals surface area contributed by atoms with E-state index in [1.807, 2.05) is 26.1 Å². The summed E-state index contributed by atoms with van der Waals surface area (Å²) >= 11 is 6.16. The van der Waals surface area contributed by atoms with Crippen molar-refractivity contribution in [1.29, 1.82) is 0 Å². The summed E-state index contributed by atoms with van der Waals surface area (Å²) in [5, 5.41) is 0.784. The van der Waals surface area contributed by atoms with Crippen LogP contribution in [0.25, 0.3) is 11.0 Å². The Hall–Kier alpha value is -1.06. The van der Waals surface area contributed by atoms with Gasteiger partial charge in [-0.3, -0.25) is 0 Å². The van der Waals surface area contributed by atoms with Crippen LogP contribution in [-0.4, -0.2) is 9.55 Å². The molecule has 0 spiro atoms. The monoisotopic (exact) mass is 249 g/mol. The fourth-order valence-electron chi connectivity index (χ4n) is 2.70. The standard InChI is InChI=1S/C13H16ClN3/c1-8-9(14)4-5-10-11(8)17(2)12(16-10)13(15)6-3-7-13/h4-5H,3,6-7,15H2,1-2H3. The lowest BCUT2D eigenvalue weighted by atomic mass is 9.77. The van der Waals surface area contributed by atoms with Crippen molar-refractivity contribution in [2.45, 2.75) is 31.7 Å². The molecule has 1 aromatic carbocycles. The van der Waals surface area contributed by atoms with Crippen molar-refractivity contribution in [3.8, 4) is 0 Å². The van der Waals surface area contributed by atoms with Gasteiger partial charge in [-0.2, -0.15) is 0 Å². The predicted molar refractivity (Wildman–Crippen MR) is 70.2 cm³/mol. The average Bonchev–Trinajstić information content (AvgIpc) is 2.59. The van der Waals surface area contributed by atoms with Crippen molar-refractivity contribution in [1.82, 2.24) is 9.55 Å². The van der Waals surface area contributed by atoms with Crippen LogP contribution >= 0.6 is 11.6 Å². The number of imidazole rings is 1. The highest BCUT2D eigenvalue weighted by Gasteiger charge is 2.38. The zero-order valence-corrected chi connectivity index (χ0v) is 10.9. The number of aromatic nitrogens is 2. The van der Waals surface area contributed by atoms with E-state index < -0.39 is 0 Å². The summed E-state index contributed by atoms with van der Waals surface area (Å²) in [4.78, 5) is 4.69. The fraction of sp³-hybridized carbons (Fsp3) is 0.462. The van der Waals surface area contributed by atoms with Crippen molar-refractivity contribution < 1.29 is 0 Å². The summed E-state index contributed by atoms with van der Waals surface area (Å²) in [5.41, 5.74) is 9.30. The number of hydrogen-bond acceptors (Lipinski definition) is 2. The molecule has 3 rings (SSSR count). The Balaban J connectivity index is 2.29. The van der Waals surface area contributed by atoms with Gasteiger partial charge in [0.15, 0.2) is 0 Å². The van der Waals surface area contributed by atoms with Crippen LogP contribution in [-0.2, 0) is 12.6 Å². The maximum Gasteiger partial charge on any atom is 0.129 e. The third-order valence-electron chi connectivity index (χ3n) is 3.91. The first-order chi connectivity index (χ1) is 8.03. The molecule has 2 aromatic rings. The van der Waals surface area contributed by atoms with Crippen molar-refractivity contribution in [2.24, 2.45) is 12.8 Å². The highest BCUT2D eigenvalue weighted by Crippen LogP contribution is 2.39. The predicted octanol–water partition coefficient (Wildman–Crippen LogP) is 2.87. The molecule has 0 bridgehead atoms. The van der Waals surface area contributed by atoms with Crippen LogP contribution in [0.4, 0.5) is 0 Å². The van der Waals surface area contributed by atoms with Gasteiger partial charge in [0.25, 0.3) is 0 Å². The molecular weight excluding hydrogens is 234 g/mol. The van der Waals surface area contributed by atoms with Crippen LogP contribution in [0.3, 0.4) is 0 Å². The number of benzene rings is 1. The molecule has 0 amide bonds. The largest absolute Gasteiger partial charge is 0.329 e. The van der Waals surface area contributed by atoms with Gasteiger partial charge in [-0.1, -0.05) is 11.6 Å². The number of nitrogens with two attached hydrogens (primary N) is 1. The van der Waals surface area contributed by atoms with E-state index in [0.717, 1.165) is 40.3 Å². The quantitative estimate of drug-likeness (QED) is 0.845. The number of rotatable bonds is 1. The van der Waals surface area contributed by atoms with Crippen molar-refractivity contribution in [3.05, 3.63) is 28.5 Å². The summed E-state index contributed by atoms with van der Waals surface area (Å²) in [6.45, 7) is 2.03. The molecule has 3 nitrogen and oxygen atoms in total. The Morgan fingerprint density at radius 3 is 2.71 bits per heavy atom. The molecule has 0 radical (unpaired) electrons. The maximum absolute atomic E-state index is 6.36. The second kappa shape index (κ2) is 3.47. The van der Waals surface area contributed by atoms with Gasteiger partial charge in [-0.15, -0.1) is 0 Å². The molecule has 2 N–H and O–H groups in total. The summed E-state index contributed by atoms with van der Waals surface area (Å²) < 4.78 is 2.11. The molecule has 1 aliphatic rings. The molecule has 1 aromatic heterocycles. The van der Waals surface area contributed by atoms with Crippen LogP contribution in [0.15, 0.2) is 12.1 Å². The zero-order valence-electron chi connectivity index (χ0n) is 10.1. The van der Waals surface area contributed by atoms with Gasteiger partial charge in [0, 0.05) is 12.1 Å². The summed E-state index contributed by atoms with van der Waals surface area (Å²) in [5.74, 6) is 0.990. The maximum atomic E-state index is 6.36. The topological polar surface area (TPSA) is 43.8 Å². The lowest BCUT2D eigenvalue weighted by Gasteiger charge is -2.37. The zero-order chi connectivity index (χ0) is 12.2. The SMILES string of the molecule is Cc1c(Cl)ccc2nc(C3(N)CCC3)n(C)c12. The van der Waals surface area contributed by atoms with Gasteiger partial charge in [-0.25, -0.2) is 4.98 Å². The van der Waals surface area contributed by atoms with Gasteiger partial charge in [-0.05, 0) is 43.9 Å². The second-order valence-corrected chi connectivity index (χ2v) is 5.45. The van der Waals surface area contributed by atoms with E-state index in [1.165, 1.54) is 6.42 Å². The average molecular weight is 250 g/mol. The van der Waals surface area contributed by atoms with Crippen LogP contribution < -0.4 is 5.73 Å². The molecule has 0 saturated heterocycles. The first-order valence-electron chi connectivity index (χ1n) is 5.94. The number of nitrogens with zero attached hydrogens (tertiary/aromatic N) is 2. The number of fused-ring (bicyclic) bond motifs is 1. The molecule has 90 valence electrons. The number of aryl methyl sites for hydroxylation is 2. The van der Waals surface area contributed by atoms with Gasteiger partial charge in [0.1, 0.15) is 5.82 Å². The van der Waals surface area contributed by atoms with Gasteiger partial charge in [0.05, 0.1) is 16.6 Å². The molecule has 1 fully saturated rings. The third-order valence-corrected chi connectivity index (χ3v) is 4.32. The van der Waals surface area contributed by atoms with Gasteiger partial charge >= 0.3 is 0 Å². The Morgan fingerprint density at radius 2 is 2.12 bits per heavy atom. The molecule has 1 aliphatic carbocycles. The summed E-state index contributed by atoms with van der Waals surface area (Å²) in [7, 11) is 2.03. The second-order valence-electron chi connectivity index (χ2n) is 5.04. The van der Waals surface area contributed by atoms with Crippen LogP contribution in [0.1, 0.15) is 30.7 Å². The first-order valence-corrected chi connectivity index (χ1v) is 6.32. The lowest BCUT2D eigenvalue weighted by molar-refractivity contribution is 0.234. The normalized spacial score (nSPS) is 18.4. The Labute approximate surface area is 106 Å². The fourth-order valence-corrected chi connectivity index (χ4v) is 2.85. The number of hydrogen-bond donors (Lipinski definition) is 1. The van der Waals surface area contributed by atoms with E-state index in [0.29, 0.717) is 0 Å². The van der Waals surface area contributed by atoms with E-state index in [9.17, 15) is 0 Å². The minimum atomic E-state index is -0.229. The minimum Gasteiger partial charge on any atom is -0.329 e. The summed E-state index contributed by atoms with van der Waals surface area (Å²) in [6.07, 6.45) is 3.24. The molecule has 0 aliphatic heterocycles. The molecule has 1 saturated carbocycles. The van der Waals surface area contributed by atoms with E-state index in [4.69, 9.17) is 17.3 Å². The molecule has 17 heavy (non-hydrogen) atoms. The minimum absolute atomic E-state index is 0.229. The van der Waals surface area contributed by atoms with Crippen LogP contribution in [0, 0.1) is 6.92 Å². The van der Waals surface area contributed by atoms with E-state index in [2.05, 4.69) is 9.55 Å². The van der Waals surface area contributed by atoms with Gasteiger partial charge in [0.2, 0.25) is 0 Å². The number of halogens is 1. The van der Waals surface area contributed by atoms with E-state index in [1.54, 1.807) is 0 Å². The Kier molecular flexibility index (Phi) is 2.25. The van der Waals surface area contributed by atoms with Crippen molar-refractivity contribution in [2.75, 3.05) is 0 Å². The molecule has 1 heterocycles. The highest BCUT2D eigenvalue weighted by molar-refractivity contribution is 6.32. The van der Waals surface area contributed by atoms with E-state index >= 15 is 0 Å². The van der Waals surface area contributed by atoms with Crippen molar-refractivity contribution >= 4 is 22.6 Å². The van der Waals surface area contributed by atoms with Crippen molar-refractivity contribution in [3.63, 3.8) is 0 Å². The van der Waals surface area contributed by atoms with Crippen LogP contribution in [0.2, 0.25) is 5.02 Å².